The van der Waals surface area contributed by atoms with E-state index in [0.29, 0.717) is 19.6 Å². The highest BCUT2D eigenvalue weighted by Gasteiger charge is 2.04. The summed E-state index contributed by atoms with van der Waals surface area (Å²) in [6.45, 7) is 1.17. The molecule has 0 unspecified atom stereocenters. The van der Waals surface area contributed by atoms with Crippen molar-refractivity contribution in [2.24, 2.45) is 0 Å². The SMILES string of the molecule is O=C(CCc1ccccc1)NCCCOc1cccc2cccnc12. The Balaban J connectivity index is 1.36. The zero-order chi connectivity index (χ0) is 17.3. The zero-order valence-electron chi connectivity index (χ0n) is 14.2. The number of nitrogens with zero attached hydrogens (tertiary/aromatic N) is 1. The van der Waals surface area contributed by atoms with Gasteiger partial charge in [-0.15, -0.1) is 0 Å². The predicted molar refractivity (Wildman–Crippen MR) is 99.6 cm³/mol. The second kappa shape index (κ2) is 8.83. The predicted octanol–water partition coefficient (Wildman–Crippen LogP) is 3.75. The van der Waals surface area contributed by atoms with E-state index in [4.69, 9.17) is 4.74 Å². The molecular weight excluding hydrogens is 312 g/mol. The number of rotatable bonds is 8. The molecule has 0 radical (unpaired) electrons. The van der Waals surface area contributed by atoms with Crippen LogP contribution in [0.2, 0.25) is 0 Å². The van der Waals surface area contributed by atoms with Crippen LogP contribution in [-0.2, 0) is 11.2 Å². The smallest absolute Gasteiger partial charge is 0.220 e. The summed E-state index contributed by atoms with van der Waals surface area (Å²) in [6.07, 6.45) is 3.81. The first kappa shape index (κ1) is 17.0. The van der Waals surface area contributed by atoms with Crippen molar-refractivity contribution in [2.75, 3.05) is 13.2 Å². The molecule has 0 bridgehead atoms. The van der Waals surface area contributed by atoms with Crippen LogP contribution in [0.5, 0.6) is 5.75 Å². The molecule has 1 heterocycles. The largest absolute Gasteiger partial charge is 0.491 e. The summed E-state index contributed by atoms with van der Waals surface area (Å²) < 4.78 is 5.82. The first-order valence-electron chi connectivity index (χ1n) is 8.60. The Bertz CT molecular complexity index is 813. The fraction of sp³-hybridized carbons (Fsp3) is 0.238. The summed E-state index contributed by atoms with van der Waals surface area (Å²) in [5.41, 5.74) is 2.06. The van der Waals surface area contributed by atoms with Crippen molar-refractivity contribution in [3.63, 3.8) is 0 Å². The maximum atomic E-state index is 11.9. The van der Waals surface area contributed by atoms with Crippen molar-refractivity contribution in [2.45, 2.75) is 19.3 Å². The third-order valence-electron chi connectivity index (χ3n) is 3.98. The molecule has 0 saturated heterocycles. The molecule has 0 saturated carbocycles. The van der Waals surface area contributed by atoms with E-state index >= 15 is 0 Å². The Labute approximate surface area is 147 Å². The maximum Gasteiger partial charge on any atom is 0.220 e. The van der Waals surface area contributed by atoms with Crippen LogP contribution < -0.4 is 10.1 Å². The molecule has 0 aliphatic carbocycles. The number of aromatic nitrogens is 1. The second-order valence-corrected chi connectivity index (χ2v) is 5.87. The summed E-state index contributed by atoms with van der Waals surface area (Å²) in [5, 5.41) is 4.01. The lowest BCUT2D eigenvalue weighted by molar-refractivity contribution is -0.121. The highest BCUT2D eigenvalue weighted by atomic mass is 16.5. The molecule has 0 fully saturated rings. The Hall–Kier alpha value is -2.88. The lowest BCUT2D eigenvalue weighted by Crippen LogP contribution is -2.25. The lowest BCUT2D eigenvalue weighted by Gasteiger charge is -2.09. The second-order valence-electron chi connectivity index (χ2n) is 5.87. The molecule has 0 aliphatic heterocycles. The van der Waals surface area contributed by atoms with Crippen molar-refractivity contribution in [3.05, 3.63) is 72.4 Å². The van der Waals surface area contributed by atoms with Crippen molar-refractivity contribution >= 4 is 16.8 Å². The molecular formula is C21H22N2O2. The molecule has 128 valence electrons. The molecule has 2 aromatic carbocycles. The molecule has 1 aromatic heterocycles. The number of benzene rings is 2. The minimum Gasteiger partial charge on any atom is -0.491 e. The molecule has 4 heteroatoms. The van der Waals surface area contributed by atoms with E-state index in [1.54, 1.807) is 6.20 Å². The maximum absolute atomic E-state index is 11.9. The third-order valence-corrected chi connectivity index (χ3v) is 3.98. The van der Waals surface area contributed by atoms with Gasteiger partial charge in [-0.3, -0.25) is 9.78 Å². The van der Waals surface area contributed by atoms with Crippen LogP contribution in [0, 0.1) is 0 Å². The standard InChI is InChI=1S/C21H22N2O2/c24-20(13-12-17-7-2-1-3-8-17)22-15-6-16-25-19-11-4-9-18-10-5-14-23-21(18)19/h1-5,7-11,14H,6,12-13,15-16H2,(H,22,24). The van der Waals surface area contributed by atoms with E-state index in [0.717, 1.165) is 29.5 Å². The van der Waals surface area contributed by atoms with Crippen LogP contribution in [0.1, 0.15) is 18.4 Å². The fourth-order valence-electron chi connectivity index (χ4n) is 2.67. The number of nitrogens with one attached hydrogen (secondary N) is 1. The van der Waals surface area contributed by atoms with E-state index in [2.05, 4.69) is 10.3 Å². The van der Waals surface area contributed by atoms with Gasteiger partial charge in [0.1, 0.15) is 11.3 Å². The summed E-state index contributed by atoms with van der Waals surface area (Å²) in [7, 11) is 0. The normalized spacial score (nSPS) is 10.6. The van der Waals surface area contributed by atoms with Gasteiger partial charge in [-0.05, 0) is 30.5 Å². The summed E-state index contributed by atoms with van der Waals surface area (Å²) >= 11 is 0. The highest BCUT2D eigenvalue weighted by molar-refractivity contribution is 5.84. The Morgan fingerprint density at radius 1 is 1.00 bits per heavy atom. The van der Waals surface area contributed by atoms with Crippen molar-refractivity contribution in [1.29, 1.82) is 0 Å². The zero-order valence-corrected chi connectivity index (χ0v) is 14.2. The average Bonchev–Trinajstić information content (AvgIpc) is 2.67. The van der Waals surface area contributed by atoms with Gasteiger partial charge in [-0.25, -0.2) is 0 Å². The van der Waals surface area contributed by atoms with Gasteiger partial charge in [0.2, 0.25) is 5.91 Å². The average molecular weight is 334 g/mol. The number of aryl methyl sites for hydroxylation is 1. The number of fused-ring (bicyclic) bond motifs is 1. The fourth-order valence-corrected chi connectivity index (χ4v) is 2.67. The minimum absolute atomic E-state index is 0.0793. The number of amides is 1. The number of ether oxygens (including phenoxy) is 1. The number of pyridine rings is 1. The summed E-state index contributed by atoms with van der Waals surface area (Å²) in [4.78, 5) is 16.2. The monoisotopic (exact) mass is 334 g/mol. The molecule has 3 aromatic rings. The topological polar surface area (TPSA) is 51.2 Å². The molecule has 0 aliphatic rings. The van der Waals surface area contributed by atoms with E-state index in [1.807, 2.05) is 60.7 Å². The summed E-state index contributed by atoms with van der Waals surface area (Å²) in [5.74, 6) is 0.865. The highest BCUT2D eigenvalue weighted by Crippen LogP contribution is 2.22. The van der Waals surface area contributed by atoms with E-state index in [1.165, 1.54) is 5.56 Å². The van der Waals surface area contributed by atoms with Crippen molar-refractivity contribution < 1.29 is 9.53 Å². The molecule has 0 atom stereocenters. The molecule has 3 rings (SSSR count). The van der Waals surface area contributed by atoms with Crippen LogP contribution in [0.15, 0.2) is 66.9 Å². The van der Waals surface area contributed by atoms with Crippen molar-refractivity contribution in [1.82, 2.24) is 10.3 Å². The van der Waals surface area contributed by atoms with Gasteiger partial charge in [0.25, 0.3) is 0 Å². The quantitative estimate of drug-likeness (QED) is 0.638. The van der Waals surface area contributed by atoms with Gasteiger partial charge in [0.15, 0.2) is 0 Å². The van der Waals surface area contributed by atoms with E-state index < -0.39 is 0 Å². The van der Waals surface area contributed by atoms with Gasteiger partial charge in [-0.1, -0.05) is 48.5 Å². The third kappa shape index (κ3) is 5.05. The molecule has 0 spiro atoms. The number of hydrogen-bond acceptors (Lipinski definition) is 3. The Morgan fingerprint density at radius 3 is 2.72 bits per heavy atom. The molecule has 25 heavy (non-hydrogen) atoms. The lowest BCUT2D eigenvalue weighted by atomic mass is 10.1. The van der Waals surface area contributed by atoms with Crippen molar-refractivity contribution in [3.8, 4) is 5.75 Å². The number of para-hydroxylation sites is 1. The van der Waals surface area contributed by atoms with Gasteiger partial charge in [0, 0.05) is 24.5 Å². The van der Waals surface area contributed by atoms with Gasteiger partial charge < -0.3 is 10.1 Å². The Kier molecular flexibility index (Phi) is 5.99. The number of hydrogen-bond donors (Lipinski definition) is 1. The number of carbonyl (C=O) groups is 1. The van der Waals surface area contributed by atoms with Gasteiger partial charge >= 0.3 is 0 Å². The van der Waals surface area contributed by atoms with Crippen LogP contribution in [0.3, 0.4) is 0 Å². The van der Waals surface area contributed by atoms with E-state index in [9.17, 15) is 4.79 Å². The minimum atomic E-state index is 0.0793. The van der Waals surface area contributed by atoms with Crippen LogP contribution in [0.4, 0.5) is 0 Å². The molecule has 1 N–H and O–H groups in total. The first-order valence-corrected chi connectivity index (χ1v) is 8.60. The van der Waals surface area contributed by atoms with E-state index in [-0.39, 0.29) is 5.91 Å². The van der Waals surface area contributed by atoms with Crippen LogP contribution in [0.25, 0.3) is 10.9 Å². The van der Waals surface area contributed by atoms with Gasteiger partial charge in [0.05, 0.1) is 6.61 Å². The Morgan fingerprint density at radius 2 is 1.84 bits per heavy atom. The van der Waals surface area contributed by atoms with Crippen LogP contribution in [-0.4, -0.2) is 24.0 Å². The van der Waals surface area contributed by atoms with Crippen LogP contribution >= 0.6 is 0 Å². The van der Waals surface area contributed by atoms with Gasteiger partial charge in [-0.2, -0.15) is 0 Å². The first-order chi connectivity index (χ1) is 12.3. The number of carbonyl (C=O) groups excluding carboxylic acids is 1. The molecule has 4 nitrogen and oxygen atoms in total. The summed E-state index contributed by atoms with van der Waals surface area (Å²) in [6, 6.07) is 19.9. The molecule has 1 amide bonds.